The number of carbonyl (C=O) groups is 1. The van der Waals surface area contributed by atoms with Crippen LogP contribution in [0.1, 0.15) is 28.9 Å². The van der Waals surface area contributed by atoms with Gasteiger partial charge in [0.05, 0.1) is 5.56 Å². The first-order valence-electron chi connectivity index (χ1n) is 8.33. The van der Waals surface area contributed by atoms with Gasteiger partial charge >= 0.3 is 0 Å². The molecule has 24 heavy (non-hydrogen) atoms. The molecule has 1 fully saturated rings. The Labute approximate surface area is 140 Å². The molecule has 3 aromatic heterocycles. The molecular formula is C18H21N5O. The van der Waals surface area contributed by atoms with Gasteiger partial charge in [-0.1, -0.05) is 6.07 Å². The Balaban J connectivity index is 1.37. The van der Waals surface area contributed by atoms with Crippen LogP contribution in [0.2, 0.25) is 0 Å². The van der Waals surface area contributed by atoms with Gasteiger partial charge in [-0.05, 0) is 38.0 Å². The van der Waals surface area contributed by atoms with E-state index in [1.54, 1.807) is 0 Å². The van der Waals surface area contributed by atoms with Crippen LogP contribution in [-0.4, -0.2) is 39.6 Å². The van der Waals surface area contributed by atoms with E-state index in [2.05, 4.69) is 26.5 Å². The fourth-order valence-electron chi connectivity index (χ4n) is 3.27. The standard InChI is InChI=1S/C18H21N5O/c1-13-10-17(21-20-13)22-8-5-15(6-9-22)19-18(24)14-11-16-4-2-3-7-23(16)12-14/h2-4,7,10-12,15H,5-6,8-9H2,1H3,(H,19,24)(H,20,21). The summed E-state index contributed by atoms with van der Waals surface area (Å²) in [5.74, 6) is 1.00. The van der Waals surface area contributed by atoms with E-state index in [9.17, 15) is 4.79 Å². The fourth-order valence-corrected chi connectivity index (χ4v) is 3.27. The predicted molar refractivity (Wildman–Crippen MR) is 93.4 cm³/mol. The monoisotopic (exact) mass is 323 g/mol. The number of nitrogens with zero attached hydrogens (tertiary/aromatic N) is 3. The molecule has 0 aliphatic carbocycles. The van der Waals surface area contributed by atoms with Gasteiger partial charge in [-0.3, -0.25) is 9.89 Å². The number of anilines is 1. The third-order valence-corrected chi connectivity index (χ3v) is 4.61. The molecule has 0 atom stereocenters. The van der Waals surface area contributed by atoms with Crippen LogP contribution in [0.4, 0.5) is 5.82 Å². The lowest BCUT2D eigenvalue weighted by Gasteiger charge is -2.32. The molecule has 0 unspecified atom stereocenters. The summed E-state index contributed by atoms with van der Waals surface area (Å²) in [5, 5.41) is 10.5. The van der Waals surface area contributed by atoms with Crippen LogP contribution >= 0.6 is 0 Å². The number of fused-ring (bicyclic) bond motifs is 1. The minimum absolute atomic E-state index is 0.00719. The van der Waals surface area contributed by atoms with Crippen molar-refractivity contribution in [3.05, 3.63) is 54.0 Å². The summed E-state index contributed by atoms with van der Waals surface area (Å²) in [6, 6.07) is 10.1. The van der Waals surface area contributed by atoms with Crippen molar-refractivity contribution in [3.63, 3.8) is 0 Å². The van der Waals surface area contributed by atoms with Crippen LogP contribution in [0, 0.1) is 6.92 Å². The van der Waals surface area contributed by atoms with Gasteiger partial charge in [-0.15, -0.1) is 0 Å². The average Bonchev–Trinajstić information content (AvgIpc) is 3.21. The predicted octanol–water partition coefficient (Wildman–Crippen LogP) is 2.37. The SMILES string of the molecule is Cc1cc(N2CCC(NC(=O)c3cc4ccccn4c3)CC2)n[nH]1. The number of hydrogen-bond donors (Lipinski definition) is 2. The molecule has 6 heteroatoms. The lowest BCUT2D eigenvalue weighted by atomic mass is 10.0. The highest BCUT2D eigenvalue weighted by Gasteiger charge is 2.22. The van der Waals surface area contributed by atoms with Crippen molar-refractivity contribution < 1.29 is 4.79 Å². The van der Waals surface area contributed by atoms with Gasteiger partial charge in [0.15, 0.2) is 5.82 Å². The van der Waals surface area contributed by atoms with Gasteiger partial charge < -0.3 is 14.6 Å². The lowest BCUT2D eigenvalue weighted by Crippen LogP contribution is -2.44. The Morgan fingerprint density at radius 3 is 2.83 bits per heavy atom. The highest BCUT2D eigenvalue weighted by atomic mass is 16.1. The first-order chi connectivity index (χ1) is 11.7. The van der Waals surface area contributed by atoms with E-state index < -0.39 is 0 Å². The molecule has 0 spiro atoms. The number of aromatic nitrogens is 3. The second-order valence-electron chi connectivity index (χ2n) is 6.41. The highest BCUT2D eigenvalue weighted by Crippen LogP contribution is 2.19. The molecule has 0 aromatic carbocycles. The van der Waals surface area contributed by atoms with Crippen LogP contribution in [0.25, 0.3) is 5.52 Å². The topological polar surface area (TPSA) is 65.4 Å². The maximum absolute atomic E-state index is 12.5. The van der Waals surface area contributed by atoms with Crippen LogP contribution in [0.5, 0.6) is 0 Å². The maximum atomic E-state index is 12.5. The number of nitrogens with one attached hydrogen (secondary N) is 2. The number of piperidine rings is 1. The first kappa shape index (κ1) is 14.8. The molecule has 0 saturated carbocycles. The fraction of sp³-hybridized carbons (Fsp3) is 0.333. The van der Waals surface area contributed by atoms with E-state index in [0.29, 0.717) is 5.56 Å². The average molecular weight is 323 g/mol. The number of rotatable bonds is 3. The van der Waals surface area contributed by atoms with Crippen LogP contribution in [-0.2, 0) is 0 Å². The molecule has 1 amide bonds. The Hall–Kier alpha value is -2.76. The number of carbonyl (C=O) groups excluding carboxylic acids is 1. The van der Waals surface area contributed by atoms with Crippen molar-refractivity contribution >= 4 is 17.2 Å². The normalized spacial score (nSPS) is 15.8. The zero-order valence-electron chi connectivity index (χ0n) is 13.7. The van der Waals surface area contributed by atoms with Crippen LogP contribution in [0.15, 0.2) is 42.7 Å². The second-order valence-corrected chi connectivity index (χ2v) is 6.41. The summed E-state index contributed by atoms with van der Waals surface area (Å²) in [7, 11) is 0. The Kier molecular flexibility index (Phi) is 3.72. The lowest BCUT2D eigenvalue weighted by molar-refractivity contribution is 0.0931. The maximum Gasteiger partial charge on any atom is 0.253 e. The first-order valence-corrected chi connectivity index (χ1v) is 8.33. The summed E-state index contributed by atoms with van der Waals surface area (Å²) in [5.41, 5.74) is 2.82. The number of aryl methyl sites for hydroxylation is 1. The second kappa shape index (κ2) is 6.03. The zero-order chi connectivity index (χ0) is 16.5. The molecule has 1 aliphatic heterocycles. The quantitative estimate of drug-likeness (QED) is 0.778. The van der Waals surface area contributed by atoms with Gasteiger partial charge in [-0.25, -0.2) is 0 Å². The molecule has 3 aromatic rings. The molecule has 4 rings (SSSR count). The van der Waals surface area contributed by atoms with Crippen molar-refractivity contribution in [1.82, 2.24) is 19.9 Å². The summed E-state index contributed by atoms with van der Waals surface area (Å²) in [6.07, 6.45) is 5.71. The number of aromatic amines is 1. The molecule has 0 bridgehead atoms. The summed E-state index contributed by atoms with van der Waals surface area (Å²) in [6.45, 7) is 3.82. The number of pyridine rings is 1. The van der Waals surface area contributed by atoms with E-state index >= 15 is 0 Å². The van der Waals surface area contributed by atoms with Gasteiger partial charge in [-0.2, -0.15) is 5.10 Å². The summed E-state index contributed by atoms with van der Waals surface area (Å²) in [4.78, 5) is 14.7. The van der Waals surface area contributed by atoms with E-state index in [1.165, 1.54) is 0 Å². The number of H-pyrrole nitrogens is 1. The van der Waals surface area contributed by atoms with E-state index in [1.807, 2.05) is 48.0 Å². The molecule has 1 saturated heterocycles. The smallest absolute Gasteiger partial charge is 0.253 e. The van der Waals surface area contributed by atoms with Gasteiger partial charge in [0.25, 0.3) is 5.91 Å². The Bertz CT molecular complexity index is 824. The third-order valence-electron chi connectivity index (χ3n) is 4.61. The van der Waals surface area contributed by atoms with Crippen molar-refractivity contribution in [2.45, 2.75) is 25.8 Å². The van der Waals surface area contributed by atoms with Crippen LogP contribution < -0.4 is 10.2 Å². The van der Waals surface area contributed by atoms with Gasteiger partial charge in [0.1, 0.15) is 0 Å². The third kappa shape index (κ3) is 2.87. The Morgan fingerprint density at radius 2 is 2.12 bits per heavy atom. The zero-order valence-corrected chi connectivity index (χ0v) is 13.7. The molecule has 0 radical (unpaired) electrons. The highest BCUT2D eigenvalue weighted by molar-refractivity contribution is 5.95. The van der Waals surface area contributed by atoms with Crippen molar-refractivity contribution in [3.8, 4) is 0 Å². The minimum Gasteiger partial charge on any atom is -0.355 e. The number of amides is 1. The minimum atomic E-state index is 0.00719. The van der Waals surface area contributed by atoms with E-state index in [0.717, 1.165) is 43.0 Å². The van der Waals surface area contributed by atoms with Crippen molar-refractivity contribution in [2.75, 3.05) is 18.0 Å². The molecular weight excluding hydrogens is 302 g/mol. The molecule has 1 aliphatic rings. The van der Waals surface area contributed by atoms with Crippen LogP contribution in [0.3, 0.4) is 0 Å². The van der Waals surface area contributed by atoms with Crippen molar-refractivity contribution in [2.24, 2.45) is 0 Å². The van der Waals surface area contributed by atoms with E-state index in [4.69, 9.17) is 0 Å². The molecule has 2 N–H and O–H groups in total. The molecule has 6 nitrogen and oxygen atoms in total. The Morgan fingerprint density at radius 1 is 1.29 bits per heavy atom. The van der Waals surface area contributed by atoms with Gasteiger partial charge in [0, 0.05) is 48.8 Å². The molecule has 4 heterocycles. The largest absolute Gasteiger partial charge is 0.355 e. The van der Waals surface area contributed by atoms with Gasteiger partial charge in [0.2, 0.25) is 0 Å². The number of hydrogen-bond acceptors (Lipinski definition) is 3. The van der Waals surface area contributed by atoms with E-state index in [-0.39, 0.29) is 11.9 Å². The summed E-state index contributed by atoms with van der Waals surface area (Å²) >= 11 is 0. The molecule has 124 valence electrons. The van der Waals surface area contributed by atoms with Crippen molar-refractivity contribution in [1.29, 1.82) is 0 Å². The summed E-state index contributed by atoms with van der Waals surface area (Å²) < 4.78 is 1.97.